The fourth-order valence-corrected chi connectivity index (χ4v) is 2.01. The number of aromatic hydroxyl groups is 1. The topological polar surface area (TPSA) is 123 Å². The second kappa shape index (κ2) is 6.29. The van der Waals surface area contributed by atoms with Crippen molar-refractivity contribution in [2.24, 2.45) is 4.99 Å². The second-order valence-corrected chi connectivity index (χ2v) is 4.56. The fourth-order valence-electron chi connectivity index (χ4n) is 2.01. The van der Waals surface area contributed by atoms with Gasteiger partial charge in [-0.2, -0.15) is 0 Å². The molecule has 7 nitrogen and oxygen atoms in total. The van der Waals surface area contributed by atoms with Crippen molar-refractivity contribution in [3.63, 3.8) is 0 Å². The third kappa shape index (κ3) is 2.97. The first kappa shape index (κ1) is 14.9. The molecule has 0 aromatic heterocycles. The van der Waals surface area contributed by atoms with E-state index in [1.165, 1.54) is 12.3 Å². The average Bonchev–Trinajstić information content (AvgIpc) is 2.44. The van der Waals surface area contributed by atoms with E-state index in [-0.39, 0.29) is 5.75 Å². The minimum Gasteiger partial charge on any atom is -0.507 e. The lowest BCUT2D eigenvalue weighted by molar-refractivity contribution is -0.248. The van der Waals surface area contributed by atoms with Gasteiger partial charge in [0, 0.05) is 11.8 Å². The molecule has 0 aliphatic carbocycles. The number of phenols is 1. The number of aliphatic imine (C=N–C) groups is 1. The van der Waals surface area contributed by atoms with Crippen molar-refractivity contribution in [3.8, 4) is 5.75 Å². The van der Waals surface area contributed by atoms with Crippen LogP contribution in [-0.4, -0.2) is 69.0 Å². The molecule has 1 saturated heterocycles. The largest absolute Gasteiger partial charge is 0.507 e. The zero-order valence-electron chi connectivity index (χ0n) is 10.6. The maximum atomic E-state index is 9.88. The number of phenolic OH excluding ortho intramolecular Hbond substituents is 1. The van der Waals surface area contributed by atoms with Gasteiger partial charge in [-0.1, -0.05) is 12.1 Å². The highest BCUT2D eigenvalue weighted by molar-refractivity contribution is 5.83. The summed E-state index contributed by atoms with van der Waals surface area (Å²) in [5, 5.41) is 47.8. The molecule has 2 rings (SSSR count). The van der Waals surface area contributed by atoms with Crippen LogP contribution in [-0.2, 0) is 4.74 Å². The number of para-hydroxylation sites is 1. The molecule has 20 heavy (non-hydrogen) atoms. The Kier molecular flexibility index (Phi) is 4.69. The Morgan fingerprint density at radius 1 is 1.15 bits per heavy atom. The Labute approximate surface area is 115 Å². The van der Waals surface area contributed by atoms with Gasteiger partial charge in [0.2, 0.25) is 0 Å². The molecule has 1 aromatic carbocycles. The minimum atomic E-state index is -1.45. The summed E-state index contributed by atoms with van der Waals surface area (Å²) in [7, 11) is 0. The van der Waals surface area contributed by atoms with Gasteiger partial charge in [-0.15, -0.1) is 0 Å². The molecule has 1 aliphatic rings. The van der Waals surface area contributed by atoms with Crippen LogP contribution in [0.1, 0.15) is 5.56 Å². The molecular weight excluding hydrogens is 266 g/mol. The lowest BCUT2D eigenvalue weighted by Crippen LogP contribution is -2.57. The molecule has 1 fully saturated rings. The molecule has 5 N–H and O–H groups in total. The van der Waals surface area contributed by atoms with Crippen molar-refractivity contribution >= 4 is 6.21 Å². The molecule has 1 heterocycles. The monoisotopic (exact) mass is 283 g/mol. The van der Waals surface area contributed by atoms with E-state index in [0.29, 0.717) is 5.56 Å². The SMILES string of the molecule is OC[C@H]1O[C@H](O)[C@H](N=Cc2ccccc2O)[C@@H](O)[C@@H]1O. The maximum absolute atomic E-state index is 9.88. The van der Waals surface area contributed by atoms with Crippen molar-refractivity contribution < 1.29 is 30.3 Å². The van der Waals surface area contributed by atoms with Gasteiger partial charge in [-0.3, -0.25) is 4.99 Å². The normalized spacial score (nSPS) is 34.5. The van der Waals surface area contributed by atoms with Gasteiger partial charge in [-0.05, 0) is 12.1 Å². The number of aliphatic hydroxyl groups is 4. The predicted molar refractivity (Wildman–Crippen MR) is 69.5 cm³/mol. The van der Waals surface area contributed by atoms with Crippen LogP contribution in [0.2, 0.25) is 0 Å². The molecule has 1 aliphatic heterocycles. The van der Waals surface area contributed by atoms with E-state index in [9.17, 15) is 20.4 Å². The molecule has 7 heteroatoms. The van der Waals surface area contributed by atoms with Gasteiger partial charge in [0.15, 0.2) is 6.29 Å². The summed E-state index contributed by atoms with van der Waals surface area (Å²) < 4.78 is 4.97. The summed E-state index contributed by atoms with van der Waals surface area (Å²) in [6.07, 6.45) is -3.96. The van der Waals surface area contributed by atoms with E-state index in [0.717, 1.165) is 0 Å². The quantitative estimate of drug-likeness (QED) is 0.435. The first-order chi connectivity index (χ1) is 9.54. The number of hydrogen-bond donors (Lipinski definition) is 5. The van der Waals surface area contributed by atoms with Crippen molar-refractivity contribution in [2.45, 2.75) is 30.6 Å². The molecule has 0 amide bonds. The van der Waals surface area contributed by atoms with Crippen LogP contribution in [0.5, 0.6) is 5.75 Å². The fraction of sp³-hybridized carbons (Fsp3) is 0.462. The van der Waals surface area contributed by atoms with Crippen LogP contribution in [0.4, 0.5) is 0 Å². The highest BCUT2D eigenvalue weighted by atomic mass is 16.6. The van der Waals surface area contributed by atoms with Gasteiger partial charge in [0.05, 0.1) is 6.61 Å². The Morgan fingerprint density at radius 3 is 2.50 bits per heavy atom. The van der Waals surface area contributed by atoms with Gasteiger partial charge >= 0.3 is 0 Å². The number of benzene rings is 1. The van der Waals surface area contributed by atoms with Gasteiger partial charge in [0.25, 0.3) is 0 Å². The van der Waals surface area contributed by atoms with E-state index >= 15 is 0 Å². The summed E-state index contributed by atoms with van der Waals surface area (Å²) in [5.74, 6) is 0.00532. The Morgan fingerprint density at radius 2 is 1.85 bits per heavy atom. The number of rotatable bonds is 3. The smallest absolute Gasteiger partial charge is 0.180 e. The molecule has 0 radical (unpaired) electrons. The number of hydrogen-bond acceptors (Lipinski definition) is 7. The van der Waals surface area contributed by atoms with Crippen LogP contribution in [0.15, 0.2) is 29.3 Å². The molecular formula is C13H17NO6. The molecule has 0 spiro atoms. The van der Waals surface area contributed by atoms with Crippen molar-refractivity contribution in [1.29, 1.82) is 0 Å². The van der Waals surface area contributed by atoms with Gasteiger partial charge < -0.3 is 30.3 Å². The molecule has 0 bridgehead atoms. The van der Waals surface area contributed by atoms with Crippen LogP contribution in [0.25, 0.3) is 0 Å². The Hall–Kier alpha value is -1.51. The van der Waals surface area contributed by atoms with Crippen molar-refractivity contribution in [3.05, 3.63) is 29.8 Å². The van der Waals surface area contributed by atoms with Crippen molar-refractivity contribution in [2.75, 3.05) is 6.61 Å². The average molecular weight is 283 g/mol. The summed E-state index contributed by atoms with van der Waals surface area (Å²) >= 11 is 0. The third-order valence-electron chi connectivity index (χ3n) is 3.19. The van der Waals surface area contributed by atoms with E-state index < -0.39 is 37.3 Å². The lowest BCUT2D eigenvalue weighted by atomic mass is 9.97. The number of ether oxygens (including phenoxy) is 1. The maximum Gasteiger partial charge on any atom is 0.180 e. The lowest BCUT2D eigenvalue weighted by Gasteiger charge is -2.38. The molecule has 0 unspecified atom stereocenters. The highest BCUT2D eigenvalue weighted by Crippen LogP contribution is 2.22. The summed E-state index contributed by atoms with van der Waals surface area (Å²) in [4.78, 5) is 3.94. The summed E-state index contributed by atoms with van der Waals surface area (Å²) in [6, 6.07) is 5.32. The van der Waals surface area contributed by atoms with E-state index in [1.54, 1.807) is 18.2 Å². The van der Waals surface area contributed by atoms with Crippen molar-refractivity contribution in [1.82, 2.24) is 0 Å². The van der Waals surface area contributed by atoms with Crippen LogP contribution in [0, 0.1) is 0 Å². The zero-order chi connectivity index (χ0) is 14.7. The van der Waals surface area contributed by atoms with E-state index in [2.05, 4.69) is 4.99 Å². The van der Waals surface area contributed by atoms with Gasteiger partial charge in [-0.25, -0.2) is 0 Å². The van der Waals surface area contributed by atoms with E-state index in [1.807, 2.05) is 0 Å². The van der Waals surface area contributed by atoms with Gasteiger partial charge in [0.1, 0.15) is 30.1 Å². The van der Waals surface area contributed by atoms with Crippen LogP contribution in [0.3, 0.4) is 0 Å². The van der Waals surface area contributed by atoms with E-state index in [4.69, 9.17) is 9.84 Å². The number of nitrogens with zero attached hydrogens (tertiary/aromatic N) is 1. The first-order valence-corrected chi connectivity index (χ1v) is 6.16. The molecule has 1 aromatic rings. The first-order valence-electron chi connectivity index (χ1n) is 6.16. The Bertz CT molecular complexity index is 480. The molecule has 0 saturated carbocycles. The minimum absolute atomic E-state index is 0.00532. The van der Waals surface area contributed by atoms with Crippen LogP contribution >= 0.6 is 0 Å². The third-order valence-corrected chi connectivity index (χ3v) is 3.19. The second-order valence-electron chi connectivity index (χ2n) is 4.56. The zero-order valence-corrected chi connectivity index (χ0v) is 10.6. The highest BCUT2D eigenvalue weighted by Gasteiger charge is 2.43. The standard InChI is InChI=1S/C13H17NO6/c15-6-9-11(17)12(18)10(13(19)20-9)14-5-7-3-1-2-4-8(7)16/h1-5,9-13,15-19H,6H2/t9-,10-,11-,12-,13+/m1/s1. The Balaban J connectivity index is 2.14. The summed E-state index contributed by atoms with van der Waals surface area (Å²) in [5.41, 5.74) is 0.408. The molecule has 5 atom stereocenters. The number of aliphatic hydroxyl groups excluding tert-OH is 4. The van der Waals surface area contributed by atoms with Crippen LogP contribution < -0.4 is 0 Å². The summed E-state index contributed by atoms with van der Waals surface area (Å²) in [6.45, 7) is -0.523. The predicted octanol–water partition coefficient (Wildman–Crippen LogP) is -1.39. The molecule has 110 valence electrons.